The summed E-state index contributed by atoms with van der Waals surface area (Å²) in [6.45, 7) is 0. The Kier molecular flexibility index (Phi) is 2.36. The van der Waals surface area contributed by atoms with Crippen molar-refractivity contribution in [2.75, 3.05) is 0 Å². The Morgan fingerprint density at radius 1 is 1.18 bits per heavy atom. The third-order valence-corrected chi connectivity index (χ3v) is 3.54. The molecule has 0 saturated carbocycles. The second-order valence-electron chi connectivity index (χ2n) is 3.67. The van der Waals surface area contributed by atoms with Crippen molar-refractivity contribution >= 4 is 49.5 Å². The highest BCUT2D eigenvalue weighted by Gasteiger charge is 2.13. The van der Waals surface area contributed by atoms with Crippen LogP contribution >= 0.6 is 27.5 Å². The lowest BCUT2D eigenvalue weighted by Crippen LogP contribution is -1.75. The number of rotatable bonds is 0. The molecular formula is C13H5BrClNO. The second kappa shape index (κ2) is 3.76. The first kappa shape index (κ1) is 10.6. The van der Waals surface area contributed by atoms with Crippen molar-refractivity contribution in [3.63, 3.8) is 0 Å². The van der Waals surface area contributed by atoms with Crippen LogP contribution in [0.4, 0.5) is 0 Å². The second-order valence-corrected chi connectivity index (χ2v) is 4.93. The van der Waals surface area contributed by atoms with Gasteiger partial charge in [0.05, 0.1) is 21.1 Å². The fraction of sp³-hybridized carbons (Fsp3) is 0. The molecule has 0 fully saturated rings. The van der Waals surface area contributed by atoms with Crippen LogP contribution in [0.3, 0.4) is 0 Å². The summed E-state index contributed by atoms with van der Waals surface area (Å²) in [6.07, 6.45) is 0. The molecule has 0 spiro atoms. The van der Waals surface area contributed by atoms with E-state index in [0.717, 1.165) is 20.8 Å². The molecule has 0 aliphatic rings. The molecule has 0 atom stereocenters. The van der Waals surface area contributed by atoms with Gasteiger partial charge in [0.2, 0.25) is 0 Å². The molecule has 3 aromatic rings. The van der Waals surface area contributed by atoms with Gasteiger partial charge >= 0.3 is 0 Å². The van der Waals surface area contributed by atoms with E-state index in [1.54, 1.807) is 12.1 Å². The molecule has 0 unspecified atom stereocenters. The highest BCUT2D eigenvalue weighted by atomic mass is 79.9. The Morgan fingerprint density at radius 3 is 2.76 bits per heavy atom. The normalized spacial score (nSPS) is 10.9. The number of furan rings is 1. The van der Waals surface area contributed by atoms with Crippen LogP contribution in [0.15, 0.2) is 39.2 Å². The smallest absolute Gasteiger partial charge is 0.154 e. The van der Waals surface area contributed by atoms with Crippen LogP contribution < -0.4 is 0 Å². The average molecular weight is 307 g/mol. The van der Waals surface area contributed by atoms with Crippen LogP contribution in [0.25, 0.3) is 21.9 Å². The van der Waals surface area contributed by atoms with E-state index in [4.69, 9.17) is 21.3 Å². The molecule has 0 aliphatic carbocycles. The average Bonchev–Trinajstić information content (AvgIpc) is 2.70. The molecule has 0 aliphatic heterocycles. The molecule has 17 heavy (non-hydrogen) atoms. The highest BCUT2D eigenvalue weighted by Crippen LogP contribution is 2.37. The van der Waals surface area contributed by atoms with Gasteiger partial charge < -0.3 is 4.42 Å². The number of fused-ring (bicyclic) bond motifs is 3. The van der Waals surface area contributed by atoms with Gasteiger partial charge in [-0.1, -0.05) is 23.7 Å². The number of benzene rings is 2. The zero-order valence-electron chi connectivity index (χ0n) is 8.50. The van der Waals surface area contributed by atoms with Crippen molar-refractivity contribution < 1.29 is 4.42 Å². The van der Waals surface area contributed by atoms with E-state index < -0.39 is 0 Å². The molecule has 1 aromatic heterocycles. The van der Waals surface area contributed by atoms with Crippen molar-refractivity contribution in [2.24, 2.45) is 0 Å². The molecule has 82 valence electrons. The van der Waals surface area contributed by atoms with Crippen LogP contribution in [-0.2, 0) is 0 Å². The Morgan fingerprint density at radius 2 is 2.00 bits per heavy atom. The summed E-state index contributed by atoms with van der Waals surface area (Å²) in [4.78, 5) is 0. The van der Waals surface area contributed by atoms with Gasteiger partial charge in [0, 0.05) is 10.8 Å². The van der Waals surface area contributed by atoms with E-state index in [9.17, 15) is 0 Å². The molecular weight excluding hydrogens is 302 g/mol. The Balaban J connectivity index is 2.58. The number of hydrogen-bond acceptors (Lipinski definition) is 2. The number of nitriles is 1. The molecule has 0 saturated heterocycles. The monoisotopic (exact) mass is 305 g/mol. The minimum absolute atomic E-state index is 0.460. The lowest BCUT2D eigenvalue weighted by atomic mass is 10.1. The molecule has 2 aromatic carbocycles. The van der Waals surface area contributed by atoms with Gasteiger partial charge in [0.1, 0.15) is 5.58 Å². The summed E-state index contributed by atoms with van der Waals surface area (Å²) in [5, 5.41) is 11.2. The molecule has 0 amide bonds. The summed E-state index contributed by atoms with van der Waals surface area (Å²) >= 11 is 9.54. The van der Waals surface area contributed by atoms with Crippen LogP contribution in [-0.4, -0.2) is 0 Å². The molecule has 0 N–H and O–H groups in total. The standard InChI is InChI=1S/C13H5BrClNO/c14-10-3-1-2-8-9-4-7(6-16)5-11(15)13(9)17-12(8)10/h1-5H. The minimum atomic E-state index is 0.460. The Labute approximate surface area is 111 Å². The molecule has 2 nitrogen and oxygen atoms in total. The lowest BCUT2D eigenvalue weighted by molar-refractivity contribution is 0.667. The number of para-hydroxylation sites is 1. The predicted octanol–water partition coefficient (Wildman–Crippen LogP) is 4.87. The fourth-order valence-corrected chi connectivity index (χ4v) is 2.59. The summed E-state index contributed by atoms with van der Waals surface area (Å²) < 4.78 is 6.60. The third kappa shape index (κ3) is 1.53. The number of halogens is 2. The van der Waals surface area contributed by atoms with E-state index in [2.05, 4.69) is 22.0 Å². The first-order valence-electron chi connectivity index (χ1n) is 4.91. The predicted molar refractivity (Wildman–Crippen MR) is 71.1 cm³/mol. The minimum Gasteiger partial charge on any atom is -0.453 e. The largest absolute Gasteiger partial charge is 0.453 e. The summed E-state index contributed by atoms with van der Waals surface area (Å²) in [5.74, 6) is 0. The molecule has 3 rings (SSSR count). The van der Waals surface area contributed by atoms with Crippen LogP contribution in [0.2, 0.25) is 5.02 Å². The van der Waals surface area contributed by atoms with E-state index in [0.29, 0.717) is 16.2 Å². The first-order chi connectivity index (χ1) is 8.20. The zero-order valence-corrected chi connectivity index (χ0v) is 10.8. The fourth-order valence-electron chi connectivity index (χ4n) is 1.89. The van der Waals surface area contributed by atoms with Gasteiger partial charge in [-0.05, 0) is 34.1 Å². The molecule has 0 radical (unpaired) electrons. The van der Waals surface area contributed by atoms with Crippen molar-refractivity contribution in [1.82, 2.24) is 0 Å². The van der Waals surface area contributed by atoms with Crippen LogP contribution in [0, 0.1) is 11.3 Å². The number of hydrogen-bond donors (Lipinski definition) is 0. The van der Waals surface area contributed by atoms with Crippen molar-refractivity contribution in [2.45, 2.75) is 0 Å². The lowest BCUT2D eigenvalue weighted by Gasteiger charge is -1.93. The van der Waals surface area contributed by atoms with Crippen molar-refractivity contribution in [3.8, 4) is 6.07 Å². The van der Waals surface area contributed by atoms with Gasteiger partial charge in [0.25, 0.3) is 0 Å². The summed E-state index contributed by atoms with van der Waals surface area (Å²) in [6, 6.07) is 11.3. The van der Waals surface area contributed by atoms with Crippen LogP contribution in [0.5, 0.6) is 0 Å². The number of nitrogens with zero attached hydrogens (tertiary/aromatic N) is 1. The summed E-state index contributed by atoms with van der Waals surface area (Å²) in [7, 11) is 0. The van der Waals surface area contributed by atoms with Gasteiger partial charge in [-0.25, -0.2) is 0 Å². The van der Waals surface area contributed by atoms with Gasteiger partial charge in [-0.2, -0.15) is 5.26 Å². The van der Waals surface area contributed by atoms with Crippen molar-refractivity contribution in [1.29, 1.82) is 5.26 Å². The maximum absolute atomic E-state index is 8.94. The SMILES string of the molecule is N#Cc1cc(Cl)c2oc3c(Br)cccc3c2c1. The van der Waals surface area contributed by atoms with E-state index in [-0.39, 0.29) is 0 Å². The maximum atomic E-state index is 8.94. The Hall–Kier alpha value is -1.50. The van der Waals surface area contributed by atoms with E-state index >= 15 is 0 Å². The highest BCUT2D eigenvalue weighted by molar-refractivity contribution is 9.10. The quantitative estimate of drug-likeness (QED) is 0.594. The van der Waals surface area contributed by atoms with E-state index in [1.165, 1.54) is 0 Å². The zero-order chi connectivity index (χ0) is 12.0. The van der Waals surface area contributed by atoms with Crippen LogP contribution in [0.1, 0.15) is 5.56 Å². The van der Waals surface area contributed by atoms with Gasteiger partial charge in [0.15, 0.2) is 5.58 Å². The molecule has 4 heteroatoms. The van der Waals surface area contributed by atoms with E-state index in [1.807, 2.05) is 18.2 Å². The van der Waals surface area contributed by atoms with Gasteiger partial charge in [-0.3, -0.25) is 0 Å². The first-order valence-corrected chi connectivity index (χ1v) is 6.08. The van der Waals surface area contributed by atoms with Gasteiger partial charge in [-0.15, -0.1) is 0 Å². The molecule has 1 heterocycles. The third-order valence-electron chi connectivity index (χ3n) is 2.63. The maximum Gasteiger partial charge on any atom is 0.154 e. The molecule has 0 bridgehead atoms. The van der Waals surface area contributed by atoms with Crippen molar-refractivity contribution in [3.05, 3.63) is 45.4 Å². The summed E-state index contributed by atoms with van der Waals surface area (Å²) in [5.41, 5.74) is 1.90. The topological polar surface area (TPSA) is 36.9 Å². The Bertz CT molecular complexity index is 785.